The predicted octanol–water partition coefficient (Wildman–Crippen LogP) is 4.01. The number of benzene rings is 2. The number of pyridine rings is 1. The van der Waals surface area contributed by atoms with E-state index in [1.54, 1.807) is 0 Å². The van der Waals surface area contributed by atoms with Crippen LogP contribution in [0.3, 0.4) is 0 Å². The number of nitrogens with one attached hydrogen (secondary N) is 1. The lowest BCUT2D eigenvalue weighted by atomic mass is 9.77. The smallest absolute Gasteiger partial charge is 0.220 e. The second-order valence-electron chi connectivity index (χ2n) is 7.85. The highest BCUT2D eigenvalue weighted by Crippen LogP contribution is 2.40. The number of nitrogens with zero attached hydrogens (tertiary/aromatic N) is 2. The van der Waals surface area contributed by atoms with Crippen molar-refractivity contribution in [1.82, 2.24) is 10.3 Å². The number of rotatable bonds is 2. The summed E-state index contributed by atoms with van der Waals surface area (Å²) in [6.07, 6.45) is 2.80. The zero-order valence-electron chi connectivity index (χ0n) is 15.3. The lowest BCUT2D eigenvalue weighted by Crippen LogP contribution is -2.41. The number of carbonyl (C=O) groups is 1. The van der Waals surface area contributed by atoms with E-state index in [1.165, 1.54) is 11.1 Å². The number of hydrogen-bond acceptors (Lipinski definition) is 3. The number of amides is 1. The van der Waals surface area contributed by atoms with Crippen LogP contribution in [0.5, 0.6) is 0 Å². The molecule has 3 heterocycles. The average Bonchev–Trinajstić information content (AvgIpc) is 3.08. The van der Waals surface area contributed by atoms with E-state index in [4.69, 9.17) is 4.98 Å². The van der Waals surface area contributed by atoms with E-state index in [0.717, 1.165) is 49.2 Å². The maximum absolute atomic E-state index is 11.7. The first kappa shape index (κ1) is 16.3. The van der Waals surface area contributed by atoms with Gasteiger partial charge in [-0.1, -0.05) is 48.5 Å². The molecule has 1 amide bonds. The van der Waals surface area contributed by atoms with Gasteiger partial charge in [-0.05, 0) is 30.4 Å². The monoisotopic (exact) mass is 357 g/mol. The molecular formula is C23H23N3O. The van der Waals surface area contributed by atoms with Gasteiger partial charge in [-0.2, -0.15) is 0 Å². The average molecular weight is 357 g/mol. The largest absolute Gasteiger partial charge is 0.371 e. The quantitative estimate of drug-likeness (QED) is 0.754. The number of aromatic nitrogens is 1. The van der Waals surface area contributed by atoms with Gasteiger partial charge in [0.25, 0.3) is 0 Å². The maximum atomic E-state index is 11.7. The topological polar surface area (TPSA) is 45.2 Å². The summed E-state index contributed by atoms with van der Waals surface area (Å²) < 4.78 is 0. The van der Waals surface area contributed by atoms with Crippen LogP contribution in [-0.2, 0) is 4.79 Å². The lowest BCUT2D eigenvalue weighted by Gasteiger charge is -2.39. The van der Waals surface area contributed by atoms with Crippen LogP contribution in [0.2, 0.25) is 0 Å². The second-order valence-corrected chi connectivity index (χ2v) is 7.85. The van der Waals surface area contributed by atoms with Gasteiger partial charge in [0, 0.05) is 42.7 Å². The molecule has 2 fully saturated rings. The number of hydrogen-bond donors (Lipinski definition) is 1. The summed E-state index contributed by atoms with van der Waals surface area (Å²) in [4.78, 5) is 19.1. The summed E-state index contributed by atoms with van der Waals surface area (Å²) in [5.41, 5.74) is 4.61. The van der Waals surface area contributed by atoms with Crippen molar-refractivity contribution in [3.8, 4) is 11.3 Å². The van der Waals surface area contributed by atoms with Crippen molar-refractivity contribution in [3.63, 3.8) is 0 Å². The molecule has 136 valence electrons. The Morgan fingerprint density at radius 1 is 0.963 bits per heavy atom. The summed E-state index contributed by atoms with van der Waals surface area (Å²) in [7, 11) is 0. The van der Waals surface area contributed by atoms with Crippen molar-refractivity contribution in [1.29, 1.82) is 0 Å². The van der Waals surface area contributed by atoms with Gasteiger partial charge in [0.1, 0.15) is 0 Å². The number of para-hydroxylation sites is 1. The number of carbonyl (C=O) groups excluding carboxylic acids is 1. The summed E-state index contributed by atoms with van der Waals surface area (Å²) in [5, 5.41) is 4.23. The molecule has 27 heavy (non-hydrogen) atoms. The van der Waals surface area contributed by atoms with E-state index >= 15 is 0 Å². The molecule has 1 aromatic heterocycles. The summed E-state index contributed by atoms with van der Waals surface area (Å²) in [5.74, 6) is 0.212. The third kappa shape index (κ3) is 2.95. The Bertz CT molecular complexity index is 991. The normalized spacial score (nSPS) is 18.8. The summed E-state index contributed by atoms with van der Waals surface area (Å²) >= 11 is 0. The fraction of sp³-hybridized carbons (Fsp3) is 0.304. The van der Waals surface area contributed by atoms with E-state index in [9.17, 15) is 4.79 Å². The Hall–Kier alpha value is -2.88. The highest BCUT2D eigenvalue weighted by molar-refractivity contribution is 5.94. The SMILES string of the molecule is O=C1CC2(CCN(c3cc(-c4ccccc4)nc4ccccc34)CC2)CN1. The van der Waals surface area contributed by atoms with Crippen molar-refractivity contribution in [2.24, 2.45) is 5.41 Å². The van der Waals surface area contributed by atoms with Gasteiger partial charge in [0.15, 0.2) is 0 Å². The molecule has 2 aliphatic rings. The van der Waals surface area contributed by atoms with Crippen molar-refractivity contribution in [2.45, 2.75) is 19.3 Å². The van der Waals surface area contributed by atoms with Crippen LogP contribution in [-0.4, -0.2) is 30.5 Å². The maximum Gasteiger partial charge on any atom is 0.220 e. The minimum Gasteiger partial charge on any atom is -0.371 e. The first-order chi connectivity index (χ1) is 13.2. The fourth-order valence-electron chi connectivity index (χ4n) is 4.50. The van der Waals surface area contributed by atoms with Crippen LogP contribution in [0.15, 0.2) is 60.7 Å². The minimum absolute atomic E-state index is 0.165. The van der Waals surface area contributed by atoms with Crippen LogP contribution in [0, 0.1) is 5.41 Å². The van der Waals surface area contributed by atoms with Gasteiger partial charge >= 0.3 is 0 Å². The first-order valence-corrected chi connectivity index (χ1v) is 9.69. The Kier molecular flexibility index (Phi) is 3.85. The standard InChI is InChI=1S/C23H23N3O/c27-22-15-23(16-24-22)10-12-26(13-11-23)21-14-20(17-6-2-1-3-7-17)25-19-9-5-4-8-18(19)21/h1-9,14H,10-13,15-16H2,(H,24,27). The summed E-state index contributed by atoms with van der Waals surface area (Å²) in [6, 6.07) is 21.0. The van der Waals surface area contributed by atoms with Gasteiger partial charge in [-0.15, -0.1) is 0 Å². The van der Waals surface area contributed by atoms with Gasteiger partial charge in [0.2, 0.25) is 5.91 Å². The van der Waals surface area contributed by atoms with Crippen LogP contribution >= 0.6 is 0 Å². The van der Waals surface area contributed by atoms with Crippen LogP contribution in [0.1, 0.15) is 19.3 Å². The Balaban J connectivity index is 1.52. The number of fused-ring (bicyclic) bond motifs is 1. The van der Waals surface area contributed by atoms with Gasteiger partial charge < -0.3 is 10.2 Å². The molecule has 2 saturated heterocycles. The summed E-state index contributed by atoms with van der Waals surface area (Å²) in [6.45, 7) is 2.81. The van der Waals surface area contributed by atoms with Crippen molar-refractivity contribution < 1.29 is 4.79 Å². The molecule has 4 nitrogen and oxygen atoms in total. The highest BCUT2D eigenvalue weighted by atomic mass is 16.1. The van der Waals surface area contributed by atoms with Crippen molar-refractivity contribution >= 4 is 22.5 Å². The van der Waals surface area contributed by atoms with Crippen molar-refractivity contribution in [2.75, 3.05) is 24.5 Å². The highest BCUT2D eigenvalue weighted by Gasteiger charge is 2.41. The van der Waals surface area contributed by atoms with Crippen LogP contribution < -0.4 is 10.2 Å². The zero-order valence-corrected chi connectivity index (χ0v) is 15.3. The third-order valence-electron chi connectivity index (χ3n) is 6.12. The Labute approximate surface area is 159 Å². The number of anilines is 1. The van der Waals surface area contributed by atoms with E-state index < -0.39 is 0 Å². The van der Waals surface area contributed by atoms with Crippen LogP contribution in [0.25, 0.3) is 22.2 Å². The van der Waals surface area contributed by atoms with Crippen molar-refractivity contribution in [3.05, 3.63) is 60.7 Å². The molecule has 1 spiro atoms. The van der Waals surface area contributed by atoms with Gasteiger partial charge in [-0.3, -0.25) is 4.79 Å². The molecule has 2 aliphatic heterocycles. The molecule has 2 aromatic carbocycles. The number of piperidine rings is 1. The molecule has 0 atom stereocenters. The fourth-order valence-corrected chi connectivity index (χ4v) is 4.50. The van der Waals surface area contributed by atoms with Gasteiger partial charge in [-0.25, -0.2) is 4.98 Å². The zero-order chi connectivity index (χ0) is 18.3. The molecule has 0 aliphatic carbocycles. The molecule has 5 rings (SSSR count). The van der Waals surface area contributed by atoms with E-state index in [1.807, 2.05) is 6.07 Å². The second kappa shape index (κ2) is 6.38. The van der Waals surface area contributed by atoms with Crippen LogP contribution in [0.4, 0.5) is 5.69 Å². The molecule has 0 saturated carbocycles. The van der Waals surface area contributed by atoms with Gasteiger partial charge in [0.05, 0.1) is 11.2 Å². The Morgan fingerprint density at radius 2 is 1.70 bits per heavy atom. The minimum atomic E-state index is 0.165. The lowest BCUT2D eigenvalue weighted by molar-refractivity contribution is -0.119. The molecule has 3 aromatic rings. The van der Waals surface area contributed by atoms with E-state index in [-0.39, 0.29) is 11.3 Å². The molecule has 0 radical (unpaired) electrons. The van der Waals surface area contributed by atoms with E-state index in [2.05, 4.69) is 64.8 Å². The van der Waals surface area contributed by atoms with E-state index in [0.29, 0.717) is 6.42 Å². The first-order valence-electron chi connectivity index (χ1n) is 9.69. The molecule has 0 bridgehead atoms. The molecule has 0 unspecified atom stereocenters. The molecule has 1 N–H and O–H groups in total. The predicted molar refractivity (Wildman–Crippen MR) is 109 cm³/mol. The Morgan fingerprint density at radius 3 is 2.44 bits per heavy atom. The molecule has 4 heteroatoms. The molecular weight excluding hydrogens is 334 g/mol. The third-order valence-corrected chi connectivity index (χ3v) is 6.12.